The molecule has 1 aromatic carbocycles. The van der Waals surface area contributed by atoms with Crippen LogP contribution in [-0.4, -0.2) is 41.3 Å². The Balaban J connectivity index is -0.000000125. The maximum absolute atomic E-state index is 10.5. The van der Waals surface area contributed by atoms with Crippen molar-refractivity contribution in [2.24, 2.45) is 0 Å². The molecule has 0 spiro atoms. The molecular weight excluding hydrogens is 286 g/mol. The number of benzene rings is 1. The first-order valence-electron chi connectivity index (χ1n) is 2.68. The van der Waals surface area contributed by atoms with Crippen LogP contribution < -0.4 is 10.2 Å². The Bertz CT molecular complexity index is 268. The maximum atomic E-state index is 10.5. The first-order valence-corrected chi connectivity index (χ1v) is 2.68. The molecule has 0 aliphatic rings. The minimum Gasteiger partial charge on any atom is -0.872 e. The monoisotopic (exact) mass is 295 g/mol. The van der Waals surface area contributed by atoms with E-state index in [4.69, 9.17) is 0 Å². The van der Waals surface area contributed by atoms with E-state index in [1.165, 1.54) is 18.2 Å². The summed E-state index contributed by atoms with van der Waals surface area (Å²) in [5.74, 6) is -1.64. The molecular formula is C7H10O5Sb-2. The fourth-order valence-corrected chi connectivity index (χ4v) is 0.623. The number of hydrogen-bond donors (Lipinski definition) is 0. The van der Waals surface area contributed by atoms with Crippen molar-refractivity contribution in [3.8, 4) is 5.75 Å². The van der Waals surface area contributed by atoms with Crippen molar-refractivity contribution in [1.82, 2.24) is 0 Å². The number of carboxylic acid groups (broad SMARTS) is 1. The van der Waals surface area contributed by atoms with Crippen LogP contribution >= 0.6 is 0 Å². The molecule has 6 heteroatoms. The molecule has 0 atom stereocenters. The van der Waals surface area contributed by atoms with Crippen LogP contribution in [-0.2, 0) is 0 Å². The second-order valence-corrected chi connectivity index (χ2v) is 1.82. The fourth-order valence-electron chi connectivity index (χ4n) is 0.623. The fraction of sp³-hybridized carbons (Fsp3) is 0. The van der Waals surface area contributed by atoms with E-state index in [9.17, 15) is 15.0 Å². The standard InChI is InChI=1S/C7H6O3.2H2O.Sb.H2/c8-6-3-1-2-5(4-6)7(9)10;;;;/h1-4,8H,(H,9,10);2*1H2;;1H/p-2. The smallest absolute Gasteiger partial charge is 0.0715 e. The minimum atomic E-state index is -1.32. The number of carbonyl (C=O) groups excluding carboxylic acids is 1. The van der Waals surface area contributed by atoms with Gasteiger partial charge in [0, 0.05) is 25.9 Å². The minimum absolute atomic E-state index is 0. The molecule has 1 rings (SSSR count). The van der Waals surface area contributed by atoms with Gasteiger partial charge >= 0.3 is 0 Å². The van der Waals surface area contributed by atoms with E-state index in [0.717, 1.165) is 6.07 Å². The second-order valence-electron chi connectivity index (χ2n) is 1.82. The summed E-state index contributed by atoms with van der Waals surface area (Å²) in [5, 5.41) is 20.6. The van der Waals surface area contributed by atoms with E-state index in [-0.39, 0.29) is 48.1 Å². The molecule has 0 aromatic heterocycles. The van der Waals surface area contributed by atoms with Gasteiger partial charge in [-0.15, -0.1) is 5.75 Å². The van der Waals surface area contributed by atoms with Gasteiger partial charge < -0.3 is 26.0 Å². The van der Waals surface area contributed by atoms with Crippen LogP contribution in [0.5, 0.6) is 5.75 Å². The van der Waals surface area contributed by atoms with Crippen LogP contribution in [0.3, 0.4) is 0 Å². The van der Waals surface area contributed by atoms with Gasteiger partial charge in [0.25, 0.3) is 0 Å². The molecule has 0 unspecified atom stereocenters. The number of aromatic carboxylic acids is 1. The Morgan fingerprint density at radius 2 is 1.85 bits per heavy atom. The number of carboxylic acids is 1. The van der Waals surface area contributed by atoms with Crippen molar-refractivity contribution in [2.75, 3.05) is 0 Å². The Kier molecular flexibility index (Phi) is 10.9. The first-order chi connectivity index (χ1) is 4.70. The third-order valence-corrected chi connectivity index (χ3v) is 1.07. The van der Waals surface area contributed by atoms with Gasteiger partial charge in [-0.1, -0.05) is 24.3 Å². The number of carbonyl (C=O) groups is 1. The summed E-state index contributed by atoms with van der Waals surface area (Å²) < 4.78 is 0. The predicted molar refractivity (Wildman–Crippen MR) is 45.3 cm³/mol. The molecule has 0 aliphatic carbocycles. The van der Waals surface area contributed by atoms with Crippen molar-refractivity contribution in [2.45, 2.75) is 0 Å². The normalized spacial score (nSPS) is 7.08. The summed E-state index contributed by atoms with van der Waals surface area (Å²) in [7, 11) is 0. The molecule has 75 valence electrons. The van der Waals surface area contributed by atoms with Crippen LogP contribution in [0.4, 0.5) is 0 Å². The zero-order chi connectivity index (χ0) is 7.56. The van der Waals surface area contributed by atoms with Gasteiger partial charge in [-0.3, -0.25) is 0 Å². The maximum Gasteiger partial charge on any atom is 0.0715 e. The second kappa shape index (κ2) is 7.86. The molecule has 3 radical (unpaired) electrons. The van der Waals surface area contributed by atoms with E-state index >= 15 is 0 Å². The van der Waals surface area contributed by atoms with Crippen LogP contribution in [0.25, 0.3) is 0 Å². The molecule has 0 aliphatic heterocycles. The van der Waals surface area contributed by atoms with Crippen LogP contribution in [0.2, 0.25) is 0 Å². The largest absolute Gasteiger partial charge is 0.872 e. The number of hydrogen-bond acceptors (Lipinski definition) is 3. The van der Waals surface area contributed by atoms with E-state index in [1.54, 1.807) is 0 Å². The van der Waals surface area contributed by atoms with E-state index < -0.39 is 5.97 Å². The predicted octanol–water partition coefficient (Wildman–Crippen LogP) is -2.66. The van der Waals surface area contributed by atoms with Crippen LogP contribution in [0, 0.1) is 0 Å². The van der Waals surface area contributed by atoms with Gasteiger partial charge in [0.1, 0.15) is 0 Å². The van der Waals surface area contributed by atoms with Gasteiger partial charge in [0.2, 0.25) is 0 Å². The Morgan fingerprint density at radius 1 is 1.31 bits per heavy atom. The van der Waals surface area contributed by atoms with Crippen molar-refractivity contribution in [3.05, 3.63) is 29.8 Å². The summed E-state index contributed by atoms with van der Waals surface area (Å²) in [6.07, 6.45) is 0. The summed E-state index contributed by atoms with van der Waals surface area (Å²) in [6, 6.07) is 5.01. The quantitative estimate of drug-likeness (QED) is 0.525. The Morgan fingerprint density at radius 3 is 2.15 bits per heavy atom. The molecule has 1 aromatic rings. The Hall–Kier alpha value is -0.772. The number of rotatable bonds is 1. The molecule has 0 bridgehead atoms. The van der Waals surface area contributed by atoms with Crippen molar-refractivity contribution >= 4 is 30.4 Å². The third kappa shape index (κ3) is 5.46. The van der Waals surface area contributed by atoms with E-state index in [2.05, 4.69) is 0 Å². The first kappa shape index (κ1) is 18.1. The van der Waals surface area contributed by atoms with E-state index in [1.807, 2.05) is 0 Å². The van der Waals surface area contributed by atoms with Crippen molar-refractivity contribution in [3.63, 3.8) is 0 Å². The molecule has 5 nitrogen and oxygen atoms in total. The average Bonchev–Trinajstić information content (AvgIpc) is 1.88. The van der Waals surface area contributed by atoms with Gasteiger partial charge in [0.15, 0.2) is 0 Å². The van der Waals surface area contributed by atoms with Crippen LogP contribution in [0.15, 0.2) is 24.3 Å². The zero-order valence-electron chi connectivity index (χ0n) is 6.48. The van der Waals surface area contributed by atoms with Gasteiger partial charge in [-0.05, 0) is 5.56 Å². The summed E-state index contributed by atoms with van der Waals surface area (Å²) >= 11 is 0. The Labute approximate surface area is 93.6 Å². The van der Waals surface area contributed by atoms with Gasteiger partial charge in [-0.25, -0.2) is 0 Å². The van der Waals surface area contributed by atoms with Gasteiger partial charge in [-0.2, -0.15) is 0 Å². The van der Waals surface area contributed by atoms with Gasteiger partial charge in [0.05, 0.1) is 5.97 Å². The van der Waals surface area contributed by atoms with Crippen molar-refractivity contribution < 1.29 is 27.4 Å². The third-order valence-electron chi connectivity index (χ3n) is 1.07. The van der Waals surface area contributed by atoms with Crippen molar-refractivity contribution in [1.29, 1.82) is 0 Å². The molecule has 0 saturated carbocycles. The summed E-state index contributed by atoms with van der Waals surface area (Å²) in [4.78, 5) is 10.1. The topological polar surface area (TPSA) is 126 Å². The molecule has 0 amide bonds. The molecule has 0 saturated heterocycles. The molecule has 0 heterocycles. The molecule has 0 fully saturated rings. The summed E-state index contributed by atoms with van der Waals surface area (Å²) in [5.41, 5.74) is -0.0764. The summed E-state index contributed by atoms with van der Waals surface area (Å²) in [6.45, 7) is 0. The SMILES string of the molecule is O.O.O=C([O-])c1cccc([O-])c1.[HH].[Sb]. The zero-order valence-corrected chi connectivity index (χ0v) is 9.03. The molecule has 4 N–H and O–H groups in total. The van der Waals surface area contributed by atoms with Crippen LogP contribution in [0.1, 0.15) is 11.8 Å². The molecule has 13 heavy (non-hydrogen) atoms. The average molecular weight is 296 g/mol. The van der Waals surface area contributed by atoms with E-state index in [0.29, 0.717) is 0 Å².